The van der Waals surface area contributed by atoms with Gasteiger partial charge in [0.2, 0.25) is 11.8 Å². The molecule has 0 spiro atoms. The minimum absolute atomic E-state index is 0.0849. The van der Waals surface area contributed by atoms with Crippen molar-refractivity contribution < 1.29 is 28.5 Å². The third kappa shape index (κ3) is 5.64. The minimum Gasteiger partial charge on any atom is -0.353 e. The lowest BCUT2D eigenvalue weighted by Gasteiger charge is -2.35. The lowest BCUT2D eigenvalue weighted by molar-refractivity contribution is -0.240. The molecule has 1 aliphatic rings. The Kier molecular flexibility index (Phi) is 8.27. The number of rotatable bonds is 10. The number of hydrogen-bond donors (Lipinski definition) is 1. The average Bonchev–Trinajstić information content (AvgIpc) is 3.12. The maximum atomic E-state index is 12.5. The van der Waals surface area contributed by atoms with Crippen LogP contribution in [0.15, 0.2) is 0 Å². The molecule has 0 aliphatic carbocycles. The minimum atomic E-state index is -0.992. The number of amides is 2. The Morgan fingerprint density at radius 2 is 1.68 bits per heavy atom. The molecule has 25 heavy (non-hydrogen) atoms. The van der Waals surface area contributed by atoms with Gasteiger partial charge in [0.25, 0.3) is 0 Å². The SMILES string of the molecule is COC(C)(CCC(CNC(=O)C1CCCN1C(C)=O)(OC)OC)OC. The second-order valence-corrected chi connectivity index (χ2v) is 6.45. The molecule has 1 N–H and O–H groups in total. The van der Waals surface area contributed by atoms with Crippen molar-refractivity contribution in [2.24, 2.45) is 0 Å². The van der Waals surface area contributed by atoms with Crippen molar-refractivity contribution in [3.05, 3.63) is 0 Å². The first-order valence-corrected chi connectivity index (χ1v) is 8.52. The molecule has 146 valence electrons. The van der Waals surface area contributed by atoms with Gasteiger partial charge in [-0.15, -0.1) is 0 Å². The molecule has 0 saturated carbocycles. The first kappa shape index (κ1) is 21.8. The smallest absolute Gasteiger partial charge is 0.242 e. The van der Waals surface area contributed by atoms with Gasteiger partial charge in [0.05, 0.1) is 6.54 Å². The lowest BCUT2D eigenvalue weighted by Crippen LogP contribution is -2.52. The number of carbonyl (C=O) groups is 2. The molecule has 0 radical (unpaired) electrons. The van der Waals surface area contributed by atoms with Gasteiger partial charge in [0.15, 0.2) is 11.6 Å². The molecule has 1 rings (SSSR count). The maximum absolute atomic E-state index is 12.5. The van der Waals surface area contributed by atoms with Crippen molar-refractivity contribution in [3.63, 3.8) is 0 Å². The third-order valence-electron chi connectivity index (χ3n) is 5.06. The summed E-state index contributed by atoms with van der Waals surface area (Å²) >= 11 is 0. The summed E-state index contributed by atoms with van der Waals surface area (Å²) in [6.45, 7) is 4.10. The Bertz CT molecular complexity index is 448. The van der Waals surface area contributed by atoms with Crippen molar-refractivity contribution >= 4 is 11.8 Å². The summed E-state index contributed by atoms with van der Waals surface area (Å²) < 4.78 is 21.8. The average molecular weight is 360 g/mol. The third-order valence-corrected chi connectivity index (χ3v) is 5.06. The molecule has 1 aliphatic heterocycles. The van der Waals surface area contributed by atoms with Gasteiger partial charge in [-0.1, -0.05) is 0 Å². The Hall–Kier alpha value is -1.22. The fourth-order valence-electron chi connectivity index (χ4n) is 2.98. The summed E-state index contributed by atoms with van der Waals surface area (Å²) in [7, 11) is 6.21. The highest BCUT2D eigenvalue weighted by molar-refractivity contribution is 5.87. The number of hydrogen-bond acceptors (Lipinski definition) is 6. The largest absolute Gasteiger partial charge is 0.353 e. The standard InChI is InChI=1S/C17H32N2O6/c1-13(20)19-11-7-8-14(19)15(21)18-12-17(24-5,25-6)10-9-16(2,22-3)23-4/h14H,7-12H2,1-6H3,(H,18,21). The number of ether oxygens (including phenoxy) is 4. The van der Waals surface area contributed by atoms with Crippen LogP contribution in [0, 0.1) is 0 Å². The molecule has 0 bridgehead atoms. The van der Waals surface area contributed by atoms with Gasteiger partial charge < -0.3 is 29.2 Å². The van der Waals surface area contributed by atoms with Crippen LogP contribution >= 0.6 is 0 Å². The lowest BCUT2D eigenvalue weighted by atomic mass is 10.0. The highest BCUT2D eigenvalue weighted by Gasteiger charge is 2.37. The molecule has 1 saturated heterocycles. The van der Waals surface area contributed by atoms with Gasteiger partial charge in [-0.05, 0) is 19.8 Å². The highest BCUT2D eigenvalue weighted by Crippen LogP contribution is 2.26. The van der Waals surface area contributed by atoms with Crippen molar-refractivity contribution in [3.8, 4) is 0 Å². The summed E-state index contributed by atoms with van der Waals surface area (Å²) in [6.07, 6.45) is 2.47. The topological polar surface area (TPSA) is 86.3 Å². The molecule has 1 heterocycles. The van der Waals surface area contributed by atoms with Crippen LogP contribution in [0.3, 0.4) is 0 Å². The van der Waals surface area contributed by atoms with E-state index in [9.17, 15) is 9.59 Å². The second-order valence-electron chi connectivity index (χ2n) is 6.45. The van der Waals surface area contributed by atoms with Crippen LogP contribution in [-0.2, 0) is 28.5 Å². The Morgan fingerprint density at radius 1 is 1.08 bits per heavy atom. The summed E-state index contributed by atoms with van der Waals surface area (Å²) in [5.74, 6) is -2.03. The van der Waals surface area contributed by atoms with Crippen molar-refractivity contribution in [2.45, 2.75) is 57.1 Å². The molecular formula is C17H32N2O6. The van der Waals surface area contributed by atoms with E-state index in [-0.39, 0.29) is 18.4 Å². The molecule has 8 heteroatoms. The van der Waals surface area contributed by atoms with Crippen LogP contribution in [0.2, 0.25) is 0 Å². The number of nitrogens with one attached hydrogen (secondary N) is 1. The van der Waals surface area contributed by atoms with E-state index in [1.54, 1.807) is 19.1 Å². The van der Waals surface area contributed by atoms with Gasteiger partial charge in [-0.3, -0.25) is 9.59 Å². The number of carbonyl (C=O) groups excluding carboxylic acids is 2. The Labute approximate surface area is 150 Å². The van der Waals surface area contributed by atoms with Gasteiger partial charge >= 0.3 is 0 Å². The van der Waals surface area contributed by atoms with E-state index in [0.717, 1.165) is 6.42 Å². The summed E-state index contributed by atoms with van der Waals surface area (Å²) in [6, 6.07) is -0.424. The number of likely N-dealkylation sites (tertiary alicyclic amines) is 1. The zero-order valence-corrected chi connectivity index (χ0v) is 16.2. The van der Waals surface area contributed by atoms with Gasteiger partial charge in [0.1, 0.15) is 6.04 Å². The highest BCUT2D eigenvalue weighted by atomic mass is 16.7. The fourth-order valence-corrected chi connectivity index (χ4v) is 2.98. The molecule has 1 fully saturated rings. The first-order valence-electron chi connectivity index (χ1n) is 8.52. The molecule has 8 nitrogen and oxygen atoms in total. The van der Waals surface area contributed by atoms with Crippen LogP contribution in [0.4, 0.5) is 0 Å². The van der Waals surface area contributed by atoms with Crippen LogP contribution in [0.1, 0.15) is 39.5 Å². The number of nitrogens with zero attached hydrogens (tertiary/aromatic N) is 1. The summed E-state index contributed by atoms with van der Waals surface area (Å²) in [4.78, 5) is 25.7. The van der Waals surface area contributed by atoms with Gasteiger partial charge in [-0.2, -0.15) is 0 Å². The Balaban J connectivity index is 2.68. The molecular weight excluding hydrogens is 328 g/mol. The van der Waals surface area contributed by atoms with Crippen molar-refractivity contribution in [2.75, 3.05) is 41.5 Å². The summed E-state index contributed by atoms with van der Waals surface area (Å²) in [5, 5.41) is 2.86. The zero-order valence-electron chi connectivity index (χ0n) is 16.2. The molecule has 0 aromatic rings. The zero-order chi connectivity index (χ0) is 19.1. The van der Waals surface area contributed by atoms with Crippen LogP contribution < -0.4 is 5.32 Å². The fraction of sp³-hybridized carbons (Fsp3) is 0.882. The van der Waals surface area contributed by atoms with E-state index in [2.05, 4.69) is 5.32 Å². The van der Waals surface area contributed by atoms with E-state index < -0.39 is 17.6 Å². The molecule has 1 atom stereocenters. The molecule has 0 aromatic carbocycles. The maximum Gasteiger partial charge on any atom is 0.242 e. The molecule has 1 unspecified atom stereocenters. The predicted molar refractivity (Wildman–Crippen MR) is 91.8 cm³/mol. The Morgan fingerprint density at radius 3 is 2.16 bits per heavy atom. The monoisotopic (exact) mass is 360 g/mol. The normalized spacial score (nSPS) is 18.5. The van der Waals surface area contributed by atoms with Crippen LogP contribution in [0.5, 0.6) is 0 Å². The van der Waals surface area contributed by atoms with Crippen molar-refractivity contribution in [1.29, 1.82) is 0 Å². The molecule has 2 amide bonds. The molecule has 0 aromatic heterocycles. The van der Waals surface area contributed by atoms with Crippen LogP contribution in [0.25, 0.3) is 0 Å². The van der Waals surface area contributed by atoms with E-state index in [1.807, 2.05) is 6.92 Å². The quantitative estimate of drug-likeness (QED) is 0.583. The summed E-state index contributed by atoms with van der Waals surface area (Å²) in [5.41, 5.74) is 0. The van der Waals surface area contributed by atoms with E-state index in [0.29, 0.717) is 25.8 Å². The van der Waals surface area contributed by atoms with Gasteiger partial charge in [0, 0.05) is 54.7 Å². The van der Waals surface area contributed by atoms with E-state index in [1.165, 1.54) is 21.1 Å². The first-order chi connectivity index (χ1) is 11.8. The predicted octanol–water partition coefficient (Wildman–Crippen LogP) is 0.892. The van der Waals surface area contributed by atoms with Crippen molar-refractivity contribution in [1.82, 2.24) is 10.2 Å². The second kappa shape index (κ2) is 9.47. The van der Waals surface area contributed by atoms with Crippen LogP contribution in [-0.4, -0.2) is 75.9 Å². The van der Waals surface area contributed by atoms with Gasteiger partial charge in [-0.25, -0.2) is 0 Å². The van der Waals surface area contributed by atoms with E-state index >= 15 is 0 Å². The number of methoxy groups -OCH3 is 4. The van der Waals surface area contributed by atoms with E-state index in [4.69, 9.17) is 18.9 Å².